The van der Waals surface area contributed by atoms with Gasteiger partial charge in [-0.05, 0) is 32.2 Å². The average molecular weight is 381 g/mol. The number of ether oxygens (including phenoxy) is 2. The number of aldehydes is 1. The maximum absolute atomic E-state index is 13.6. The fourth-order valence-electron chi connectivity index (χ4n) is 2.83. The highest BCUT2D eigenvalue weighted by Gasteiger charge is 2.40. The fourth-order valence-corrected chi connectivity index (χ4v) is 3.81. The van der Waals surface area contributed by atoms with E-state index in [0.717, 1.165) is 0 Å². The quantitative estimate of drug-likeness (QED) is 0.603. The number of alkyl halides is 1. The van der Waals surface area contributed by atoms with E-state index in [0.29, 0.717) is 22.4 Å². The Morgan fingerprint density at radius 2 is 2.04 bits per heavy atom. The Morgan fingerprint density at radius 3 is 2.58 bits per heavy atom. The van der Waals surface area contributed by atoms with Crippen LogP contribution in [0.1, 0.15) is 41.9 Å². The molecule has 0 amide bonds. The molecule has 0 aliphatic carbocycles. The first-order chi connectivity index (χ1) is 12.3. The van der Waals surface area contributed by atoms with Crippen LogP contribution in [0, 0.1) is 0 Å². The molecule has 26 heavy (non-hydrogen) atoms. The Labute approximate surface area is 154 Å². The summed E-state index contributed by atoms with van der Waals surface area (Å²) >= 11 is 1.20. The number of rotatable bonds is 6. The smallest absolute Gasteiger partial charge is 0.337 e. The van der Waals surface area contributed by atoms with Crippen molar-refractivity contribution in [3.63, 3.8) is 0 Å². The van der Waals surface area contributed by atoms with Gasteiger partial charge in [-0.25, -0.2) is 14.0 Å². The minimum atomic E-state index is -0.952. The number of thiophene rings is 1. The second-order valence-corrected chi connectivity index (χ2v) is 6.87. The van der Waals surface area contributed by atoms with Crippen LogP contribution in [-0.2, 0) is 19.1 Å². The monoisotopic (exact) mass is 381 g/mol. The summed E-state index contributed by atoms with van der Waals surface area (Å²) in [6.45, 7) is 4.05. The molecular formula is C18H20FNO5S. The van der Waals surface area contributed by atoms with Gasteiger partial charge in [0.2, 0.25) is 0 Å². The molecule has 1 aliphatic heterocycles. The van der Waals surface area contributed by atoms with Crippen molar-refractivity contribution in [3.8, 4) is 0 Å². The molecule has 1 aromatic rings. The normalized spacial score (nSPS) is 17.2. The predicted octanol–water partition coefficient (Wildman–Crippen LogP) is 2.87. The maximum Gasteiger partial charge on any atom is 0.337 e. The minimum Gasteiger partial charge on any atom is -0.466 e. The van der Waals surface area contributed by atoms with Crippen LogP contribution in [0.15, 0.2) is 34.0 Å². The Bertz CT molecular complexity index is 793. The van der Waals surface area contributed by atoms with Crippen LogP contribution in [0.5, 0.6) is 0 Å². The van der Waals surface area contributed by atoms with E-state index in [1.165, 1.54) is 18.4 Å². The second-order valence-electron chi connectivity index (χ2n) is 5.93. The SMILES string of the molecule is COC(=O)C1=C(CF)NC(C)=C(C(=O)OC(C)C)C1c1sccc1C=O. The summed E-state index contributed by atoms with van der Waals surface area (Å²) in [4.78, 5) is 37.0. The van der Waals surface area contributed by atoms with Gasteiger partial charge in [0.05, 0.1) is 36.0 Å². The number of esters is 2. The number of hydrogen-bond donors (Lipinski definition) is 1. The van der Waals surface area contributed by atoms with E-state index in [-0.39, 0.29) is 22.9 Å². The first-order valence-electron chi connectivity index (χ1n) is 7.94. The number of halogens is 1. The van der Waals surface area contributed by atoms with Crippen molar-refractivity contribution < 1.29 is 28.2 Å². The molecule has 0 bridgehead atoms. The molecule has 2 rings (SSSR count). The Morgan fingerprint density at radius 1 is 1.35 bits per heavy atom. The van der Waals surface area contributed by atoms with Crippen molar-refractivity contribution >= 4 is 29.6 Å². The lowest BCUT2D eigenvalue weighted by Gasteiger charge is -2.30. The third kappa shape index (κ3) is 3.70. The van der Waals surface area contributed by atoms with Crippen LogP contribution in [0.3, 0.4) is 0 Å². The van der Waals surface area contributed by atoms with Gasteiger partial charge in [0.1, 0.15) is 6.67 Å². The van der Waals surface area contributed by atoms with E-state index in [1.807, 2.05) is 0 Å². The van der Waals surface area contributed by atoms with E-state index < -0.39 is 24.5 Å². The van der Waals surface area contributed by atoms with Crippen LogP contribution < -0.4 is 5.32 Å². The van der Waals surface area contributed by atoms with Crippen molar-refractivity contribution in [2.45, 2.75) is 32.8 Å². The fraction of sp³-hybridized carbons (Fsp3) is 0.389. The highest BCUT2D eigenvalue weighted by Crippen LogP contribution is 2.42. The topological polar surface area (TPSA) is 81.7 Å². The van der Waals surface area contributed by atoms with E-state index >= 15 is 0 Å². The molecule has 0 saturated heterocycles. The number of carbonyl (C=O) groups excluding carboxylic acids is 3. The Kier molecular flexibility index (Phi) is 6.31. The molecule has 1 aliphatic rings. The van der Waals surface area contributed by atoms with Crippen LogP contribution in [-0.4, -0.2) is 38.1 Å². The summed E-state index contributed by atoms with van der Waals surface area (Å²) < 4.78 is 23.7. The maximum atomic E-state index is 13.6. The van der Waals surface area contributed by atoms with Gasteiger partial charge in [0.25, 0.3) is 0 Å². The van der Waals surface area contributed by atoms with Gasteiger partial charge in [0, 0.05) is 16.1 Å². The van der Waals surface area contributed by atoms with Crippen LogP contribution >= 0.6 is 11.3 Å². The lowest BCUT2D eigenvalue weighted by Crippen LogP contribution is -2.34. The van der Waals surface area contributed by atoms with Crippen LogP contribution in [0.25, 0.3) is 0 Å². The van der Waals surface area contributed by atoms with Gasteiger partial charge in [-0.3, -0.25) is 4.79 Å². The number of hydrogen-bond acceptors (Lipinski definition) is 7. The molecule has 8 heteroatoms. The summed E-state index contributed by atoms with van der Waals surface area (Å²) in [6.07, 6.45) is 0.254. The van der Waals surface area contributed by atoms with Gasteiger partial charge >= 0.3 is 11.9 Å². The molecule has 1 aromatic heterocycles. The number of carbonyl (C=O) groups is 3. The molecule has 0 aromatic carbocycles. The molecule has 0 fully saturated rings. The highest BCUT2D eigenvalue weighted by molar-refractivity contribution is 7.10. The molecule has 0 spiro atoms. The third-order valence-corrected chi connectivity index (χ3v) is 4.86. The van der Waals surface area contributed by atoms with Crippen molar-refractivity contribution in [1.29, 1.82) is 0 Å². The lowest BCUT2D eigenvalue weighted by molar-refractivity contribution is -0.143. The molecule has 0 saturated carbocycles. The summed E-state index contributed by atoms with van der Waals surface area (Å²) in [5.74, 6) is -2.36. The highest BCUT2D eigenvalue weighted by atomic mass is 32.1. The lowest BCUT2D eigenvalue weighted by atomic mass is 9.83. The van der Waals surface area contributed by atoms with E-state index in [9.17, 15) is 18.8 Å². The molecule has 1 atom stereocenters. The number of dihydropyridines is 1. The molecule has 0 radical (unpaired) electrons. The van der Waals surface area contributed by atoms with Crippen molar-refractivity contribution in [2.75, 3.05) is 13.8 Å². The first-order valence-corrected chi connectivity index (χ1v) is 8.82. The van der Waals surface area contributed by atoms with Crippen molar-refractivity contribution in [2.24, 2.45) is 0 Å². The van der Waals surface area contributed by atoms with Gasteiger partial charge in [-0.2, -0.15) is 0 Å². The standard InChI is InChI=1S/C18H20FNO5S/c1-9(2)25-18(23)13-10(3)20-12(7-19)14(17(22)24-4)15(13)16-11(8-21)5-6-26-16/h5-6,8-9,15,20H,7H2,1-4H3. The van der Waals surface area contributed by atoms with Crippen molar-refractivity contribution in [3.05, 3.63) is 44.4 Å². The minimum absolute atomic E-state index is 0.00527. The zero-order chi connectivity index (χ0) is 19.4. The summed E-state index contributed by atoms with van der Waals surface area (Å²) in [5, 5.41) is 4.44. The number of methoxy groups -OCH3 is 1. The van der Waals surface area contributed by atoms with Gasteiger partial charge in [0.15, 0.2) is 6.29 Å². The third-order valence-electron chi connectivity index (χ3n) is 3.86. The van der Waals surface area contributed by atoms with Crippen LogP contribution in [0.4, 0.5) is 4.39 Å². The molecule has 1 N–H and O–H groups in total. The number of allylic oxidation sites excluding steroid dienone is 2. The molecule has 2 heterocycles. The Hall–Kier alpha value is -2.48. The first kappa shape index (κ1) is 19.8. The van der Waals surface area contributed by atoms with Crippen molar-refractivity contribution in [1.82, 2.24) is 5.32 Å². The largest absolute Gasteiger partial charge is 0.466 e. The van der Waals surface area contributed by atoms with E-state index in [2.05, 4.69) is 5.32 Å². The summed E-state index contributed by atoms with van der Waals surface area (Å²) in [6, 6.07) is 1.58. The zero-order valence-corrected chi connectivity index (χ0v) is 15.7. The summed E-state index contributed by atoms with van der Waals surface area (Å²) in [5.41, 5.74) is 0.810. The molecule has 1 unspecified atom stereocenters. The zero-order valence-electron chi connectivity index (χ0n) is 14.9. The second kappa shape index (κ2) is 8.27. The molecule has 6 nitrogen and oxygen atoms in total. The van der Waals surface area contributed by atoms with Gasteiger partial charge < -0.3 is 14.8 Å². The average Bonchev–Trinajstić information content (AvgIpc) is 3.07. The Balaban J connectivity index is 2.71. The predicted molar refractivity (Wildman–Crippen MR) is 94.5 cm³/mol. The van der Waals surface area contributed by atoms with Crippen LogP contribution in [0.2, 0.25) is 0 Å². The van der Waals surface area contributed by atoms with E-state index in [1.54, 1.807) is 32.2 Å². The van der Waals surface area contributed by atoms with Gasteiger partial charge in [-0.1, -0.05) is 0 Å². The summed E-state index contributed by atoms with van der Waals surface area (Å²) in [7, 11) is 1.18. The molecular weight excluding hydrogens is 361 g/mol. The van der Waals surface area contributed by atoms with E-state index in [4.69, 9.17) is 9.47 Å². The number of nitrogens with one attached hydrogen (secondary N) is 1. The molecule has 140 valence electrons. The van der Waals surface area contributed by atoms with Gasteiger partial charge in [-0.15, -0.1) is 11.3 Å².